The molecule has 5 nitrogen and oxygen atoms in total. The lowest BCUT2D eigenvalue weighted by Crippen LogP contribution is -2.31. The highest BCUT2D eigenvalue weighted by atomic mass is 16.5. The number of rotatable bonds is 4. The summed E-state index contributed by atoms with van der Waals surface area (Å²) in [5.74, 6) is 1.67. The van der Waals surface area contributed by atoms with Gasteiger partial charge < -0.3 is 9.47 Å². The normalized spacial score (nSPS) is 16.8. The lowest BCUT2D eigenvalue weighted by Gasteiger charge is -2.30. The molecule has 0 atom stereocenters. The molecule has 3 heterocycles. The van der Waals surface area contributed by atoms with Gasteiger partial charge >= 0.3 is 0 Å². The molecular weight excluding hydrogens is 388 g/mol. The summed E-state index contributed by atoms with van der Waals surface area (Å²) in [6.45, 7) is 3.81. The number of carbonyl (C=O) groups excluding carboxylic acids is 1. The molecule has 0 N–H and O–H groups in total. The van der Waals surface area contributed by atoms with Crippen LogP contribution in [0.3, 0.4) is 0 Å². The Morgan fingerprint density at radius 3 is 2.74 bits per heavy atom. The molecule has 0 unspecified atom stereocenters. The molecule has 2 aliphatic rings. The van der Waals surface area contributed by atoms with Crippen LogP contribution in [0, 0.1) is 6.92 Å². The summed E-state index contributed by atoms with van der Waals surface area (Å²) < 4.78 is 12.1. The van der Waals surface area contributed by atoms with Gasteiger partial charge in [-0.05, 0) is 47.9 Å². The molecule has 2 aliphatic heterocycles. The van der Waals surface area contributed by atoms with Crippen LogP contribution in [0.15, 0.2) is 78.8 Å². The van der Waals surface area contributed by atoms with Crippen molar-refractivity contribution in [2.45, 2.75) is 20.0 Å². The maximum atomic E-state index is 13.0. The van der Waals surface area contributed by atoms with Crippen molar-refractivity contribution >= 4 is 11.9 Å². The molecule has 0 aliphatic carbocycles. The molecule has 154 valence electrons. The van der Waals surface area contributed by atoms with Gasteiger partial charge in [0, 0.05) is 25.5 Å². The Hall–Kier alpha value is -3.70. The number of carbonyl (C=O) groups is 1. The van der Waals surface area contributed by atoms with Crippen LogP contribution < -0.4 is 9.47 Å². The van der Waals surface area contributed by atoms with Crippen LogP contribution in [0.5, 0.6) is 11.5 Å². The number of ketones is 1. The van der Waals surface area contributed by atoms with Crippen molar-refractivity contribution in [2.24, 2.45) is 0 Å². The third-order valence-corrected chi connectivity index (χ3v) is 5.48. The van der Waals surface area contributed by atoms with Crippen molar-refractivity contribution in [1.82, 2.24) is 9.88 Å². The monoisotopic (exact) mass is 410 g/mol. The van der Waals surface area contributed by atoms with Gasteiger partial charge in [0.1, 0.15) is 18.2 Å². The maximum Gasteiger partial charge on any atom is 0.232 e. The fourth-order valence-electron chi connectivity index (χ4n) is 3.95. The van der Waals surface area contributed by atoms with Crippen LogP contribution in [0.4, 0.5) is 0 Å². The molecule has 2 aromatic carbocycles. The molecule has 0 radical (unpaired) electrons. The molecule has 3 aromatic rings. The molecule has 0 amide bonds. The first-order chi connectivity index (χ1) is 15.2. The molecule has 1 aromatic heterocycles. The van der Waals surface area contributed by atoms with Crippen molar-refractivity contribution in [3.8, 4) is 11.5 Å². The minimum absolute atomic E-state index is 0.0840. The molecule has 5 heteroatoms. The molecule has 5 rings (SSSR count). The highest BCUT2D eigenvalue weighted by Gasteiger charge is 2.35. The van der Waals surface area contributed by atoms with Crippen molar-refractivity contribution in [2.75, 3.05) is 6.73 Å². The van der Waals surface area contributed by atoms with E-state index in [0.717, 1.165) is 34.5 Å². The SMILES string of the molecule is Cc1cc2c(c3c1C(=O)/C(=C/C=C/c1ccccc1)O3)CN(Cc1ccncc1)CO2. The van der Waals surface area contributed by atoms with Gasteiger partial charge in [-0.2, -0.15) is 0 Å². The standard InChI is InChI=1S/C26H22N2O3/c1-18-14-23-21(16-28(17-30-23)15-20-10-12-27-13-11-20)26-24(18)25(29)22(31-26)9-5-8-19-6-3-2-4-7-19/h2-14H,15-17H2,1H3/b8-5+,22-9-. The van der Waals surface area contributed by atoms with E-state index in [4.69, 9.17) is 9.47 Å². The minimum atomic E-state index is -0.0840. The molecule has 0 bridgehead atoms. The number of fused-ring (bicyclic) bond motifs is 3. The number of aromatic nitrogens is 1. The number of benzene rings is 2. The van der Waals surface area contributed by atoms with E-state index in [1.165, 1.54) is 0 Å². The highest BCUT2D eigenvalue weighted by Crippen LogP contribution is 2.43. The van der Waals surface area contributed by atoms with E-state index < -0.39 is 0 Å². The van der Waals surface area contributed by atoms with Crippen molar-refractivity contribution in [3.63, 3.8) is 0 Å². The van der Waals surface area contributed by atoms with E-state index in [-0.39, 0.29) is 5.78 Å². The maximum absolute atomic E-state index is 13.0. The van der Waals surface area contributed by atoms with Gasteiger partial charge in [-0.25, -0.2) is 0 Å². The Bertz CT molecular complexity index is 1180. The summed E-state index contributed by atoms with van der Waals surface area (Å²) in [6, 6.07) is 15.9. The molecule has 0 saturated heterocycles. The summed E-state index contributed by atoms with van der Waals surface area (Å²) in [7, 11) is 0. The zero-order valence-corrected chi connectivity index (χ0v) is 17.2. The van der Waals surface area contributed by atoms with Crippen molar-refractivity contribution in [3.05, 3.63) is 107 Å². The third-order valence-electron chi connectivity index (χ3n) is 5.48. The van der Waals surface area contributed by atoms with E-state index in [0.29, 0.717) is 30.3 Å². The average Bonchev–Trinajstić information content (AvgIpc) is 3.13. The van der Waals surface area contributed by atoms with E-state index in [1.807, 2.05) is 67.6 Å². The van der Waals surface area contributed by atoms with Gasteiger partial charge in [0.05, 0.1) is 11.1 Å². The smallest absolute Gasteiger partial charge is 0.232 e. The summed E-state index contributed by atoms with van der Waals surface area (Å²) in [4.78, 5) is 19.3. The Morgan fingerprint density at radius 2 is 1.94 bits per heavy atom. The zero-order chi connectivity index (χ0) is 21.2. The van der Waals surface area contributed by atoms with Crippen LogP contribution >= 0.6 is 0 Å². The number of nitrogens with zero attached hydrogens (tertiary/aromatic N) is 2. The second-order valence-electron chi connectivity index (χ2n) is 7.72. The first-order valence-electron chi connectivity index (χ1n) is 10.3. The number of aryl methyl sites for hydroxylation is 1. The van der Waals surface area contributed by atoms with Gasteiger partial charge in [-0.15, -0.1) is 0 Å². The van der Waals surface area contributed by atoms with Gasteiger partial charge in [-0.3, -0.25) is 14.7 Å². The van der Waals surface area contributed by atoms with Crippen molar-refractivity contribution < 1.29 is 14.3 Å². The van der Waals surface area contributed by atoms with E-state index in [9.17, 15) is 4.79 Å². The van der Waals surface area contributed by atoms with E-state index >= 15 is 0 Å². The Morgan fingerprint density at radius 1 is 1.13 bits per heavy atom. The number of Topliss-reactive ketones (excluding diaryl/α,β-unsaturated/α-hetero) is 1. The van der Waals surface area contributed by atoms with Gasteiger partial charge in [0.15, 0.2) is 5.76 Å². The Labute approximate surface area is 181 Å². The number of allylic oxidation sites excluding steroid dienone is 3. The fourth-order valence-corrected chi connectivity index (χ4v) is 3.95. The number of hydrogen-bond donors (Lipinski definition) is 0. The van der Waals surface area contributed by atoms with Crippen molar-refractivity contribution in [1.29, 1.82) is 0 Å². The summed E-state index contributed by atoms with van der Waals surface area (Å²) in [6.07, 6.45) is 9.12. The summed E-state index contributed by atoms with van der Waals surface area (Å²) >= 11 is 0. The molecule has 0 fully saturated rings. The molecule has 0 saturated carbocycles. The van der Waals surface area contributed by atoms with Crippen LogP contribution in [-0.2, 0) is 13.1 Å². The minimum Gasteiger partial charge on any atom is -0.478 e. The largest absolute Gasteiger partial charge is 0.478 e. The van der Waals surface area contributed by atoms with Gasteiger partial charge in [-0.1, -0.05) is 42.5 Å². The second-order valence-corrected chi connectivity index (χ2v) is 7.72. The van der Waals surface area contributed by atoms with E-state index in [2.05, 4.69) is 9.88 Å². The van der Waals surface area contributed by atoms with Crippen LogP contribution in [-0.4, -0.2) is 22.4 Å². The molecule has 31 heavy (non-hydrogen) atoms. The highest BCUT2D eigenvalue weighted by molar-refractivity contribution is 6.14. The summed E-state index contributed by atoms with van der Waals surface area (Å²) in [5.41, 5.74) is 4.65. The zero-order valence-electron chi connectivity index (χ0n) is 17.2. The van der Waals surface area contributed by atoms with Crippen LogP contribution in [0.2, 0.25) is 0 Å². The topological polar surface area (TPSA) is 51.7 Å². The predicted molar refractivity (Wildman–Crippen MR) is 119 cm³/mol. The fraction of sp³-hybridized carbons (Fsp3) is 0.154. The number of pyridine rings is 1. The lowest BCUT2D eigenvalue weighted by atomic mass is 9.98. The average molecular weight is 410 g/mol. The number of hydrogen-bond acceptors (Lipinski definition) is 5. The first kappa shape index (κ1) is 19.3. The predicted octanol–water partition coefficient (Wildman–Crippen LogP) is 4.91. The number of ether oxygens (including phenoxy) is 2. The Kier molecular flexibility index (Phi) is 5.10. The molecule has 0 spiro atoms. The van der Waals surface area contributed by atoms with Gasteiger partial charge in [0.2, 0.25) is 5.78 Å². The van der Waals surface area contributed by atoms with Gasteiger partial charge in [0.25, 0.3) is 0 Å². The first-order valence-corrected chi connectivity index (χ1v) is 10.3. The lowest BCUT2D eigenvalue weighted by molar-refractivity contribution is 0.0871. The van der Waals surface area contributed by atoms with Crippen LogP contribution in [0.1, 0.15) is 32.6 Å². The van der Waals surface area contributed by atoms with E-state index in [1.54, 1.807) is 18.5 Å². The van der Waals surface area contributed by atoms with Crippen LogP contribution in [0.25, 0.3) is 6.08 Å². The molecular formula is C26H22N2O3. The third kappa shape index (κ3) is 3.88. The Balaban J connectivity index is 1.41. The second kappa shape index (κ2) is 8.20. The quantitative estimate of drug-likeness (QED) is 0.572. The summed E-state index contributed by atoms with van der Waals surface area (Å²) in [5, 5.41) is 0.